The van der Waals surface area contributed by atoms with Crippen LogP contribution in [0.5, 0.6) is 0 Å². The second-order valence-electron chi connectivity index (χ2n) is 9.61. The number of benzene rings is 1. The van der Waals surface area contributed by atoms with Crippen molar-refractivity contribution in [3.63, 3.8) is 0 Å². The maximum absolute atomic E-state index is 13.1. The number of nitrogens with zero attached hydrogens (tertiary/aromatic N) is 6. The number of amides is 1. The van der Waals surface area contributed by atoms with E-state index in [1.165, 1.54) is 0 Å². The maximum atomic E-state index is 13.1. The molecule has 12 heteroatoms. The number of hydrogen-bond acceptors (Lipinski definition) is 8. The summed E-state index contributed by atoms with van der Waals surface area (Å²) in [5, 5.41) is 5.90. The van der Waals surface area contributed by atoms with Gasteiger partial charge < -0.3 is 15.5 Å². The second kappa shape index (κ2) is 10.1. The molecule has 5 heterocycles. The van der Waals surface area contributed by atoms with Gasteiger partial charge in [-0.25, -0.2) is 4.98 Å². The Morgan fingerprint density at radius 2 is 1.85 bits per heavy atom. The smallest absolute Gasteiger partial charge is 0.323 e. The molecule has 206 valence electrons. The lowest BCUT2D eigenvalue weighted by atomic mass is 9.94. The van der Waals surface area contributed by atoms with Crippen molar-refractivity contribution in [3.8, 4) is 0 Å². The Labute approximate surface area is 232 Å². The molecule has 2 aliphatic heterocycles. The number of carbonyl (C=O) groups is 1. The number of fused-ring (bicyclic) bond motifs is 3. The van der Waals surface area contributed by atoms with Gasteiger partial charge in [-0.2, -0.15) is 18.2 Å². The van der Waals surface area contributed by atoms with Crippen molar-refractivity contribution in [2.75, 3.05) is 28.6 Å². The Morgan fingerprint density at radius 3 is 2.66 bits per heavy atom. The van der Waals surface area contributed by atoms with Crippen molar-refractivity contribution in [3.05, 3.63) is 94.7 Å². The highest BCUT2D eigenvalue weighted by atomic mass is 19.4. The van der Waals surface area contributed by atoms with Crippen molar-refractivity contribution in [2.24, 2.45) is 4.99 Å². The lowest BCUT2D eigenvalue weighted by molar-refractivity contribution is -0.137. The van der Waals surface area contributed by atoms with Crippen LogP contribution in [0.25, 0.3) is 11.6 Å². The van der Waals surface area contributed by atoms with Crippen molar-refractivity contribution in [1.82, 2.24) is 19.9 Å². The number of anilines is 4. The molecule has 0 saturated heterocycles. The standard InChI is InChI=1S/C29H23F3N8O/c1-16-3-4-20(37-27(41)23-12-19(6-8-34-23)29(30,31)32)13-21(16)22-11-18-14-36-28(38-24-15-33-7-5-17(24)2)39-25(18)40-10-9-35-26(22)40/h3-8,11-15H,9-10H2,1-2H3,(H,37,41)(H,36,38,39). The van der Waals surface area contributed by atoms with Crippen LogP contribution in [0.15, 0.2) is 66.2 Å². The molecule has 0 bridgehead atoms. The number of alkyl halides is 3. The van der Waals surface area contributed by atoms with Crippen LogP contribution in [-0.4, -0.2) is 44.8 Å². The summed E-state index contributed by atoms with van der Waals surface area (Å²) in [6, 6.07) is 8.76. The number of aromatic nitrogens is 4. The van der Waals surface area contributed by atoms with Crippen LogP contribution in [0.2, 0.25) is 0 Å². The summed E-state index contributed by atoms with van der Waals surface area (Å²) >= 11 is 0. The van der Waals surface area contributed by atoms with E-state index >= 15 is 0 Å². The highest BCUT2D eigenvalue weighted by Crippen LogP contribution is 2.37. The van der Waals surface area contributed by atoms with Crippen molar-refractivity contribution in [1.29, 1.82) is 0 Å². The Hall–Kier alpha value is -5.13. The fraction of sp³-hybridized carbons (Fsp3) is 0.172. The van der Waals surface area contributed by atoms with E-state index in [1.54, 1.807) is 30.7 Å². The Bertz CT molecular complexity index is 1750. The van der Waals surface area contributed by atoms with Crippen LogP contribution in [0.1, 0.15) is 38.3 Å². The average molecular weight is 557 g/mol. The van der Waals surface area contributed by atoms with E-state index < -0.39 is 17.6 Å². The minimum Gasteiger partial charge on any atom is -0.323 e. The third-order valence-corrected chi connectivity index (χ3v) is 6.82. The van der Waals surface area contributed by atoms with E-state index in [0.717, 1.165) is 63.5 Å². The monoisotopic (exact) mass is 556 g/mol. The summed E-state index contributed by atoms with van der Waals surface area (Å²) in [5.74, 6) is 1.16. The molecule has 9 nitrogen and oxygen atoms in total. The van der Waals surface area contributed by atoms with E-state index in [0.29, 0.717) is 24.7 Å². The zero-order valence-corrected chi connectivity index (χ0v) is 22.0. The molecule has 0 atom stereocenters. The van der Waals surface area contributed by atoms with Gasteiger partial charge >= 0.3 is 6.18 Å². The topological polar surface area (TPSA) is 108 Å². The lowest BCUT2D eigenvalue weighted by Gasteiger charge is -2.28. The van der Waals surface area contributed by atoms with Gasteiger partial charge in [0.2, 0.25) is 5.95 Å². The van der Waals surface area contributed by atoms with Gasteiger partial charge in [0.1, 0.15) is 17.3 Å². The third-order valence-electron chi connectivity index (χ3n) is 6.82. The first kappa shape index (κ1) is 26.1. The normalized spacial score (nSPS) is 14.1. The van der Waals surface area contributed by atoms with Gasteiger partial charge in [0.05, 0.1) is 24.0 Å². The highest BCUT2D eigenvalue weighted by Gasteiger charge is 2.32. The number of hydrogen-bond donors (Lipinski definition) is 2. The van der Waals surface area contributed by atoms with Crippen molar-refractivity contribution in [2.45, 2.75) is 20.0 Å². The van der Waals surface area contributed by atoms with E-state index in [-0.39, 0.29) is 5.69 Å². The van der Waals surface area contributed by atoms with Crippen LogP contribution in [0, 0.1) is 13.8 Å². The largest absolute Gasteiger partial charge is 0.416 e. The molecule has 0 radical (unpaired) electrons. The van der Waals surface area contributed by atoms with Gasteiger partial charge in [0.25, 0.3) is 5.91 Å². The predicted molar refractivity (Wildman–Crippen MR) is 150 cm³/mol. The number of pyridine rings is 2. The minimum absolute atomic E-state index is 0.331. The first-order chi connectivity index (χ1) is 19.7. The molecule has 2 N–H and O–H groups in total. The zero-order chi connectivity index (χ0) is 28.7. The summed E-state index contributed by atoms with van der Waals surface area (Å²) in [4.78, 5) is 36.8. The molecule has 0 fully saturated rings. The summed E-state index contributed by atoms with van der Waals surface area (Å²) in [7, 11) is 0. The van der Waals surface area contributed by atoms with Crippen LogP contribution in [0.4, 0.5) is 36.3 Å². The van der Waals surface area contributed by atoms with Gasteiger partial charge in [-0.05, 0) is 66.9 Å². The number of rotatable bonds is 5. The van der Waals surface area contributed by atoms with Crippen LogP contribution in [0.3, 0.4) is 0 Å². The number of amidine groups is 1. The Kier molecular flexibility index (Phi) is 6.45. The van der Waals surface area contributed by atoms with E-state index in [4.69, 9.17) is 9.98 Å². The van der Waals surface area contributed by atoms with Crippen LogP contribution in [-0.2, 0) is 6.18 Å². The van der Waals surface area contributed by atoms with Crippen LogP contribution >= 0.6 is 0 Å². The molecule has 0 aliphatic carbocycles. The molecule has 0 saturated carbocycles. The first-order valence-electron chi connectivity index (χ1n) is 12.7. The number of carbonyl (C=O) groups excluding carboxylic acids is 1. The Balaban J connectivity index is 1.31. The molecule has 41 heavy (non-hydrogen) atoms. The molecule has 1 aromatic carbocycles. The third kappa shape index (κ3) is 5.11. The van der Waals surface area contributed by atoms with Gasteiger partial charge in [0.15, 0.2) is 0 Å². The summed E-state index contributed by atoms with van der Waals surface area (Å²) in [5.41, 5.74) is 4.33. The molecular formula is C29H23F3N8O. The summed E-state index contributed by atoms with van der Waals surface area (Å²) in [6.45, 7) is 5.12. The number of aliphatic imine (C=N–C) groups is 1. The SMILES string of the molecule is Cc1ccncc1Nc1ncc2c(n1)N1CCN=C1C(c1cc(NC(=O)c3cc(C(F)(F)F)ccn3)ccc1C)=C2. The minimum atomic E-state index is -4.58. The van der Waals surface area contributed by atoms with Crippen LogP contribution < -0.4 is 15.5 Å². The number of halogens is 3. The van der Waals surface area contributed by atoms with Crippen molar-refractivity contribution >= 4 is 46.5 Å². The fourth-order valence-electron chi connectivity index (χ4n) is 4.69. The molecule has 3 aromatic heterocycles. The first-order valence-corrected chi connectivity index (χ1v) is 12.7. The van der Waals surface area contributed by atoms with E-state index in [2.05, 4.69) is 25.6 Å². The van der Waals surface area contributed by atoms with Gasteiger partial charge in [-0.15, -0.1) is 0 Å². The predicted octanol–water partition coefficient (Wildman–Crippen LogP) is 5.67. The molecular weight excluding hydrogens is 533 g/mol. The van der Waals surface area contributed by atoms with Gasteiger partial charge in [-0.1, -0.05) is 6.07 Å². The van der Waals surface area contributed by atoms with Gasteiger partial charge in [0, 0.05) is 42.0 Å². The number of aryl methyl sites for hydroxylation is 2. The second-order valence-corrected chi connectivity index (χ2v) is 9.61. The molecule has 1 amide bonds. The maximum Gasteiger partial charge on any atom is 0.416 e. The zero-order valence-electron chi connectivity index (χ0n) is 22.0. The molecule has 0 spiro atoms. The van der Waals surface area contributed by atoms with Crippen molar-refractivity contribution < 1.29 is 18.0 Å². The number of nitrogens with one attached hydrogen (secondary N) is 2. The molecule has 4 aromatic rings. The fourth-order valence-corrected chi connectivity index (χ4v) is 4.69. The summed E-state index contributed by atoms with van der Waals surface area (Å²) < 4.78 is 39.3. The summed E-state index contributed by atoms with van der Waals surface area (Å²) in [6.07, 6.45) is 3.53. The van der Waals surface area contributed by atoms with E-state index in [1.807, 2.05) is 37.0 Å². The van der Waals surface area contributed by atoms with Gasteiger partial charge in [-0.3, -0.25) is 19.8 Å². The Morgan fingerprint density at radius 1 is 1.00 bits per heavy atom. The molecule has 2 aliphatic rings. The quantitative estimate of drug-likeness (QED) is 0.326. The molecule has 0 unspecified atom stereocenters. The average Bonchev–Trinajstić information content (AvgIpc) is 3.45. The lowest BCUT2D eigenvalue weighted by Crippen LogP contribution is -2.32. The molecule has 6 rings (SSSR count). The van der Waals surface area contributed by atoms with E-state index in [9.17, 15) is 18.0 Å². The highest BCUT2D eigenvalue weighted by molar-refractivity contribution is 6.36.